The maximum absolute atomic E-state index is 12.6. The van der Waals surface area contributed by atoms with Gasteiger partial charge in [0.25, 0.3) is 5.56 Å². The molecular weight excluding hydrogens is 448 g/mol. The van der Waals surface area contributed by atoms with Crippen LogP contribution >= 0.6 is 0 Å². The molecule has 1 aliphatic carbocycles. The minimum absolute atomic E-state index is 0.177. The highest BCUT2D eigenvalue weighted by molar-refractivity contribution is 7.83. The Kier molecular flexibility index (Phi) is 8.28. The minimum Gasteiger partial charge on any atom is -0.338 e. The van der Waals surface area contributed by atoms with E-state index in [1.54, 1.807) is 18.3 Å². The van der Waals surface area contributed by atoms with Gasteiger partial charge in [0, 0.05) is 30.9 Å². The van der Waals surface area contributed by atoms with Gasteiger partial charge < -0.3 is 10.3 Å². The Morgan fingerprint density at radius 2 is 1.91 bits per heavy atom. The van der Waals surface area contributed by atoms with E-state index in [-0.39, 0.29) is 11.1 Å². The number of nitrogens with one attached hydrogen (secondary N) is 3. The quantitative estimate of drug-likeness (QED) is 0.455. The number of hydrogen-bond acceptors (Lipinski definition) is 5. The maximum Gasteiger partial charge on any atom is 0.261 e. The van der Waals surface area contributed by atoms with E-state index >= 15 is 0 Å². The molecule has 9 heteroatoms. The summed E-state index contributed by atoms with van der Waals surface area (Å²) in [7, 11) is -1.15. The normalized spacial score (nSPS) is 17.8. The number of hydrogen-bond donors (Lipinski definition) is 3. The third kappa shape index (κ3) is 5.93. The second kappa shape index (κ2) is 11.0. The summed E-state index contributed by atoms with van der Waals surface area (Å²) in [5, 5.41) is 18.0. The molecule has 1 aromatic carbocycles. The third-order valence-electron chi connectivity index (χ3n) is 5.90. The van der Waals surface area contributed by atoms with E-state index in [1.807, 2.05) is 22.5 Å². The summed E-state index contributed by atoms with van der Waals surface area (Å²) in [6.45, 7) is 10.6. The fourth-order valence-corrected chi connectivity index (χ4v) is 5.63. The molecule has 0 bridgehead atoms. The van der Waals surface area contributed by atoms with Gasteiger partial charge in [-0.3, -0.25) is 9.89 Å². The molecule has 1 aliphatic heterocycles. The first kappa shape index (κ1) is 25.7. The Hall–Kier alpha value is -2.96. The molecule has 3 N–H and O–H groups in total. The van der Waals surface area contributed by atoms with Crippen molar-refractivity contribution in [3.05, 3.63) is 46.4 Å². The number of H-pyrrole nitrogens is 2. The van der Waals surface area contributed by atoms with Gasteiger partial charge in [-0.1, -0.05) is 32.6 Å². The second-order valence-corrected chi connectivity index (χ2v) is 11.1. The first-order valence-electron chi connectivity index (χ1n) is 11.6. The molecule has 2 aromatic heterocycles. The van der Waals surface area contributed by atoms with Crippen molar-refractivity contribution >= 4 is 33.4 Å². The Balaban J connectivity index is 0.000000305. The topological polar surface area (TPSA) is 118 Å². The number of aromatic amines is 2. The van der Waals surface area contributed by atoms with Crippen LogP contribution in [-0.2, 0) is 17.5 Å². The number of nitriles is 1. The number of fused-ring (bicyclic) bond motifs is 2. The van der Waals surface area contributed by atoms with E-state index in [1.165, 1.54) is 32.6 Å². The molecular formula is C25H34N6O2S. The fraction of sp³-hybridized carbons (Fsp3) is 0.480. The van der Waals surface area contributed by atoms with Crippen LogP contribution in [0.3, 0.4) is 0 Å². The van der Waals surface area contributed by atoms with E-state index in [4.69, 9.17) is 5.26 Å². The summed E-state index contributed by atoms with van der Waals surface area (Å²) in [5.74, 6) is 1.52. The molecule has 1 fully saturated rings. The molecule has 1 saturated carbocycles. The molecule has 1 atom stereocenters. The van der Waals surface area contributed by atoms with E-state index in [2.05, 4.69) is 48.2 Å². The summed E-state index contributed by atoms with van der Waals surface area (Å²) < 4.78 is 14.6. The molecule has 1 unspecified atom stereocenters. The van der Waals surface area contributed by atoms with Gasteiger partial charge in [0.2, 0.25) is 0 Å². The van der Waals surface area contributed by atoms with Gasteiger partial charge in [0.1, 0.15) is 16.4 Å². The van der Waals surface area contributed by atoms with Crippen molar-refractivity contribution in [1.82, 2.24) is 19.5 Å². The Morgan fingerprint density at radius 3 is 2.50 bits per heavy atom. The number of aromatic nitrogens is 3. The minimum atomic E-state index is -1.15. The Bertz CT molecular complexity index is 1240. The highest BCUT2D eigenvalue weighted by Gasteiger charge is 2.34. The van der Waals surface area contributed by atoms with Crippen LogP contribution in [0.25, 0.3) is 10.9 Å². The molecule has 3 heterocycles. The monoisotopic (exact) mass is 482 g/mol. The van der Waals surface area contributed by atoms with Crippen LogP contribution in [-0.4, -0.2) is 29.2 Å². The van der Waals surface area contributed by atoms with Crippen molar-refractivity contribution < 1.29 is 4.21 Å². The first-order valence-corrected chi connectivity index (χ1v) is 12.7. The predicted octanol–water partition coefficient (Wildman–Crippen LogP) is 5.36. The van der Waals surface area contributed by atoms with E-state index in [0.29, 0.717) is 23.3 Å². The maximum atomic E-state index is 12.6. The zero-order valence-corrected chi connectivity index (χ0v) is 21.4. The van der Waals surface area contributed by atoms with Crippen molar-refractivity contribution in [2.45, 2.75) is 77.3 Å². The number of anilines is 2. The van der Waals surface area contributed by atoms with Crippen LogP contribution in [0.2, 0.25) is 0 Å². The van der Waals surface area contributed by atoms with Gasteiger partial charge in [0.15, 0.2) is 5.82 Å². The van der Waals surface area contributed by atoms with Crippen LogP contribution < -0.4 is 10.9 Å². The van der Waals surface area contributed by atoms with E-state index < -0.39 is 11.0 Å². The molecule has 3 aromatic rings. The number of benzene rings is 1. The second-order valence-electron chi connectivity index (χ2n) is 9.69. The van der Waals surface area contributed by atoms with Crippen molar-refractivity contribution in [2.24, 2.45) is 5.92 Å². The van der Waals surface area contributed by atoms with Gasteiger partial charge in [0.05, 0.1) is 16.5 Å². The summed E-state index contributed by atoms with van der Waals surface area (Å²) in [6, 6.07) is 9.22. The molecule has 5 rings (SSSR count). The van der Waals surface area contributed by atoms with Crippen LogP contribution in [0.15, 0.2) is 40.2 Å². The summed E-state index contributed by atoms with van der Waals surface area (Å²) in [4.78, 5) is 15.5. The summed E-state index contributed by atoms with van der Waals surface area (Å²) >= 11 is 0. The van der Waals surface area contributed by atoms with Gasteiger partial charge in [-0.05, 0) is 56.5 Å². The van der Waals surface area contributed by atoms with Gasteiger partial charge in [-0.15, -0.1) is 0 Å². The van der Waals surface area contributed by atoms with E-state index in [0.717, 1.165) is 22.1 Å². The number of pyridine rings is 1. The third-order valence-corrected chi connectivity index (χ3v) is 7.75. The van der Waals surface area contributed by atoms with E-state index in [9.17, 15) is 9.00 Å². The fourth-order valence-electron chi connectivity index (χ4n) is 4.10. The lowest BCUT2D eigenvalue weighted by Gasteiger charge is -2.29. The van der Waals surface area contributed by atoms with Gasteiger partial charge >= 0.3 is 0 Å². The molecule has 0 amide bonds. The first-order chi connectivity index (χ1) is 16.2. The standard InChI is InChI=1S/C17H19N5O2S.C6H12.C2H3N/c1-17(2,3)22-9-10-8-11(4-5-13(10)25(22)24)19-15-14-12(20-21-15)6-7-18-16(14)23;1-6-4-2-3-5-6;1-2-3/h4-8H,9H2,1-3H3,(H,18,23)(H2,19,20,21);6H,2-5H2,1H3;1H3. The number of rotatable bonds is 2. The smallest absolute Gasteiger partial charge is 0.261 e. The molecule has 34 heavy (non-hydrogen) atoms. The lowest BCUT2D eigenvalue weighted by molar-refractivity contribution is 0.264. The summed E-state index contributed by atoms with van der Waals surface area (Å²) in [6.07, 6.45) is 7.53. The molecule has 8 nitrogen and oxygen atoms in total. The highest BCUT2D eigenvalue weighted by atomic mass is 32.2. The SMILES string of the molecule is CC#N.CC(C)(C)N1Cc2cc(Nc3n[nH]c4cc[nH]c(=O)c34)ccc2S1=O.CC1CCCC1. The van der Waals surface area contributed by atoms with Crippen molar-refractivity contribution in [3.8, 4) is 6.07 Å². The molecule has 182 valence electrons. The van der Waals surface area contributed by atoms with Gasteiger partial charge in [-0.2, -0.15) is 10.4 Å². The average molecular weight is 483 g/mol. The van der Waals surface area contributed by atoms with Gasteiger partial charge in [-0.25, -0.2) is 8.51 Å². The van der Waals surface area contributed by atoms with Crippen molar-refractivity contribution in [3.63, 3.8) is 0 Å². The van der Waals surface area contributed by atoms with Crippen LogP contribution in [0.5, 0.6) is 0 Å². The molecule has 2 aliphatic rings. The van der Waals surface area contributed by atoms with Crippen LogP contribution in [0.1, 0.15) is 65.9 Å². The zero-order valence-electron chi connectivity index (χ0n) is 20.6. The number of nitrogens with zero attached hydrogens (tertiary/aromatic N) is 3. The van der Waals surface area contributed by atoms with Crippen molar-refractivity contribution in [1.29, 1.82) is 5.26 Å². The molecule has 0 saturated heterocycles. The Morgan fingerprint density at radius 1 is 1.24 bits per heavy atom. The molecule has 0 radical (unpaired) electrons. The van der Waals surface area contributed by atoms with Crippen molar-refractivity contribution in [2.75, 3.05) is 5.32 Å². The highest BCUT2D eigenvalue weighted by Crippen LogP contribution is 2.35. The largest absolute Gasteiger partial charge is 0.338 e. The van der Waals surface area contributed by atoms with Crippen LogP contribution in [0, 0.1) is 17.2 Å². The lowest BCUT2D eigenvalue weighted by atomic mass is 10.1. The summed E-state index contributed by atoms with van der Waals surface area (Å²) in [5.41, 5.74) is 2.13. The Labute approximate surface area is 203 Å². The predicted molar refractivity (Wildman–Crippen MR) is 137 cm³/mol. The lowest BCUT2D eigenvalue weighted by Crippen LogP contribution is -2.38. The van der Waals surface area contributed by atoms with Crippen LogP contribution in [0.4, 0.5) is 11.5 Å². The zero-order chi connectivity index (χ0) is 24.9. The average Bonchev–Trinajstić information content (AvgIpc) is 3.49. The molecule has 0 spiro atoms.